The maximum Gasteiger partial charge on any atom is 0.410 e. The van der Waals surface area contributed by atoms with E-state index in [1.165, 1.54) is 0 Å². The van der Waals surface area contributed by atoms with Crippen LogP contribution in [0.4, 0.5) is 4.79 Å². The van der Waals surface area contributed by atoms with Gasteiger partial charge in [-0.3, -0.25) is 4.79 Å². The molecule has 12 heteroatoms. The van der Waals surface area contributed by atoms with E-state index in [0.717, 1.165) is 6.04 Å². The molecule has 0 bridgehead atoms. The van der Waals surface area contributed by atoms with Gasteiger partial charge in [0.15, 0.2) is 5.65 Å². The van der Waals surface area contributed by atoms with Crippen LogP contribution in [0.5, 0.6) is 5.88 Å². The monoisotopic (exact) mass is 549 g/mol. The van der Waals surface area contributed by atoms with E-state index in [1.807, 2.05) is 27.7 Å². The fourth-order valence-electron chi connectivity index (χ4n) is 3.98. The smallest absolute Gasteiger partial charge is 0.410 e. The van der Waals surface area contributed by atoms with Gasteiger partial charge in [0.1, 0.15) is 24.0 Å². The van der Waals surface area contributed by atoms with Crippen LogP contribution >= 0.6 is 0 Å². The predicted molar refractivity (Wildman–Crippen MR) is 147 cm³/mol. The van der Waals surface area contributed by atoms with Crippen LogP contribution in [0.15, 0.2) is 12.4 Å². The molecule has 0 spiro atoms. The second-order valence-electron chi connectivity index (χ2n) is 12.0. The number of nitrogens with one attached hydrogen (secondary N) is 1. The summed E-state index contributed by atoms with van der Waals surface area (Å²) in [6.07, 6.45) is 3.30. The Hall–Kier alpha value is -2.70. The highest BCUT2D eigenvalue weighted by Gasteiger charge is 2.31. The highest BCUT2D eigenvalue weighted by Crippen LogP contribution is 2.24. The van der Waals surface area contributed by atoms with Crippen LogP contribution in [-0.4, -0.2) is 90.7 Å². The molecule has 2 aromatic rings. The number of carbonyl (C=O) groups excluding carboxylic acids is 2. The summed E-state index contributed by atoms with van der Waals surface area (Å²) in [6.45, 7) is 16.5. The first kappa shape index (κ1) is 29.8. The second-order valence-corrected chi connectivity index (χ2v) is 17.6. The van der Waals surface area contributed by atoms with Crippen molar-refractivity contribution >= 4 is 31.2 Å². The fraction of sp³-hybridized carbons (Fsp3) is 0.692. The summed E-state index contributed by atoms with van der Waals surface area (Å²) in [5.41, 5.74) is 0.795. The number of methoxy groups -OCH3 is 1. The number of rotatable bonds is 11. The van der Waals surface area contributed by atoms with Gasteiger partial charge in [0, 0.05) is 47.0 Å². The lowest BCUT2D eigenvalue weighted by atomic mass is 10.2. The van der Waals surface area contributed by atoms with Gasteiger partial charge in [-0.1, -0.05) is 19.6 Å². The van der Waals surface area contributed by atoms with Gasteiger partial charge < -0.3 is 33.7 Å². The number of amides is 2. The van der Waals surface area contributed by atoms with E-state index in [9.17, 15) is 9.59 Å². The first-order valence-electron chi connectivity index (χ1n) is 13.1. The molecule has 38 heavy (non-hydrogen) atoms. The first-order valence-corrected chi connectivity index (χ1v) is 16.8. The zero-order valence-electron chi connectivity index (χ0n) is 24.0. The number of aromatic nitrogens is 3. The van der Waals surface area contributed by atoms with E-state index in [-0.39, 0.29) is 30.9 Å². The molecule has 0 unspecified atom stereocenters. The predicted octanol–water partition coefficient (Wildman–Crippen LogP) is 3.90. The van der Waals surface area contributed by atoms with Crippen LogP contribution < -0.4 is 10.1 Å². The normalized spacial score (nSPS) is 17.1. The molecule has 2 atom stereocenters. The highest BCUT2D eigenvalue weighted by molar-refractivity contribution is 6.76. The largest absolute Gasteiger partial charge is 0.471 e. The third kappa shape index (κ3) is 8.67. The number of nitrogens with zero attached hydrogens (tertiary/aromatic N) is 4. The average molecular weight is 550 g/mol. The van der Waals surface area contributed by atoms with Crippen molar-refractivity contribution < 1.29 is 28.5 Å². The lowest BCUT2D eigenvalue weighted by molar-refractivity contribution is 0.0274. The Morgan fingerprint density at radius 2 is 2.00 bits per heavy atom. The molecular formula is C26H43N5O6Si. The minimum absolute atomic E-state index is 0.177. The number of likely N-dealkylation sites (tertiary alicyclic amines) is 1. The lowest BCUT2D eigenvalue weighted by Crippen LogP contribution is -2.36. The summed E-state index contributed by atoms with van der Waals surface area (Å²) in [4.78, 5) is 36.4. The number of carbonyl (C=O) groups is 2. The molecule has 0 saturated carbocycles. The molecule has 0 aromatic carbocycles. The van der Waals surface area contributed by atoms with Crippen molar-refractivity contribution in [2.24, 2.45) is 0 Å². The van der Waals surface area contributed by atoms with Crippen molar-refractivity contribution in [1.82, 2.24) is 24.8 Å². The molecule has 1 saturated heterocycles. The third-order valence-electron chi connectivity index (χ3n) is 5.89. The van der Waals surface area contributed by atoms with E-state index < -0.39 is 13.7 Å². The first-order chi connectivity index (χ1) is 17.8. The minimum atomic E-state index is -1.22. The molecule has 2 aromatic heterocycles. The average Bonchev–Trinajstić information content (AvgIpc) is 3.40. The van der Waals surface area contributed by atoms with Gasteiger partial charge in [-0.05, 0) is 33.7 Å². The van der Waals surface area contributed by atoms with Crippen molar-refractivity contribution in [1.29, 1.82) is 0 Å². The van der Waals surface area contributed by atoms with E-state index in [4.69, 9.17) is 18.9 Å². The number of hydrogen-bond acceptors (Lipinski definition) is 8. The maximum absolute atomic E-state index is 13.1. The van der Waals surface area contributed by atoms with E-state index in [2.05, 4.69) is 34.9 Å². The standard InChI is InChI=1S/C26H43N5O6Si/c1-18(16-34-5)28-24(32)20-15-31(17-35-11-12-38(6,7)8)23-22(20)29-21(13-27-23)36-19-9-10-30(14-19)25(33)37-26(2,3)4/h13,15,18-19H,9-12,14,16-17H2,1-8H3,(H,28,32)/t18-,19-/m0/s1. The molecule has 212 valence electrons. The van der Waals surface area contributed by atoms with E-state index in [0.29, 0.717) is 55.3 Å². The summed E-state index contributed by atoms with van der Waals surface area (Å²) in [6, 6.07) is 0.864. The van der Waals surface area contributed by atoms with Gasteiger partial charge >= 0.3 is 6.09 Å². The van der Waals surface area contributed by atoms with Crippen molar-refractivity contribution in [3.05, 3.63) is 18.0 Å². The van der Waals surface area contributed by atoms with Crippen molar-refractivity contribution in [2.45, 2.75) is 84.3 Å². The molecule has 1 fully saturated rings. The summed E-state index contributed by atoms with van der Waals surface area (Å²) in [5, 5.41) is 2.94. The van der Waals surface area contributed by atoms with Crippen molar-refractivity contribution in [3.8, 4) is 5.88 Å². The molecule has 1 aliphatic heterocycles. The maximum atomic E-state index is 13.1. The van der Waals surface area contributed by atoms with E-state index >= 15 is 0 Å². The molecule has 11 nitrogen and oxygen atoms in total. The molecule has 0 radical (unpaired) electrons. The topological polar surface area (TPSA) is 117 Å². The van der Waals surface area contributed by atoms with Gasteiger partial charge in [-0.25, -0.2) is 14.8 Å². The molecule has 2 amide bonds. The molecule has 3 rings (SSSR count). The number of hydrogen-bond donors (Lipinski definition) is 1. The van der Waals surface area contributed by atoms with Gasteiger partial charge in [0.05, 0.1) is 24.9 Å². The summed E-state index contributed by atoms with van der Waals surface area (Å²) < 4.78 is 24.4. The van der Waals surface area contributed by atoms with Crippen LogP contribution in [0.3, 0.4) is 0 Å². The van der Waals surface area contributed by atoms with Crippen molar-refractivity contribution in [2.75, 3.05) is 33.4 Å². The Kier molecular flexibility index (Phi) is 9.77. The van der Waals surface area contributed by atoms with E-state index in [1.54, 1.807) is 29.0 Å². The minimum Gasteiger partial charge on any atom is -0.471 e. The Labute approximate surface area is 226 Å². The highest BCUT2D eigenvalue weighted by atomic mass is 28.3. The Bertz CT molecular complexity index is 1110. The Morgan fingerprint density at radius 3 is 2.66 bits per heavy atom. The van der Waals surface area contributed by atoms with Gasteiger partial charge in [0.2, 0.25) is 5.88 Å². The van der Waals surface area contributed by atoms with Crippen LogP contribution in [0.2, 0.25) is 25.7 Å². The molecule has 3 heterocycles. The molecule has 0 aliphatic carbocycles. The van der Waals surface area contributed by atoms with Crippen molar-refractivity contribution in [3.63, 3.8) is 0 Å². The molecule has 1 aliphatic rings. The summed E-state index contributed by atoms with van der Waals surface area (Å²) >= 11 is 0. The van der Waals surface area contributed by atoms with Gasteiger partial charge in [0.25, 0.3) is 5.91 Å². The second kappa shape index (κ2) is 12.4. The molecular weight excluding hydrogens is 506 g/mol. The SMILES string of the molecule is COC[C@H](C)NC(=O)c1cn(COCC[Si](C)(C)C)c2ncc(O[C@H]3CCN(C(=O)OC(C)(C)C)C3)nc12. The van der Waals surface area contributed by atoms with Gasteiger partial charge in [-0.2, -0.15) is 0 Å². The Morgan fingerprint density at radius 1 is 1.26 bits per heavy atom. The quantitative estimate of drug-likeness (QED) is 0.331. The van der Waals surface area contributed by atoms with Crippen LogP contribution in [0.1, 0.15) is 44.5 Å². The Balaban J connectivity index is 1.77. The fourth-order valence-corrected chi connectivity index (χ4v) is 4.74. The van der Waals surface area contributed by atoms with Gasteiger partial charge in [-0.15, -0.1) is 0 Å². The molecule has 1 N–H and O–H groups in total. The summed E-state index contributed by atoms with van der Waals surface area (Å²) in [7, 11) is 0.367. The zero-order valence-corrected chi connectivity index (χ0v) is 25.0. The van der Waals surface area contributed by atoms with Crippen LogP contribution in [0.25, 0.3) is 11.2 Å². The van der Waals surface area contributed by atoms with Crippen LogP contribution in [-0.2, 0) is 20.9 Å². The third-order valence-corrected chi connectivity index (χ3v) is 7.60. The summed E-state index contributed by atoms with van der Waals surface area (Å²) in [5.74, 6) is 0.0220. The van der Waals surface area contributed by atoms with Crippen LogP contribution in [0, 0.1) is 0 Å². The lowest BCUT2D eigenvalue weighted by Gasteiger charge is -2.24. The number of ether oxygens (including phenoxy) is 4. The zero-order chi connectivity index (χ0) is 28.1. The number of fused-ring (bicyclic) bond motifs is 1.